The van der Waals surface area contributed by atoms with Gasteiger partial charge in [-0.2, -0.15) is 0 Å². The highest BCUT2D eigenvalue weighted by Gasteiger charge is 2.27. The number of nitrogens with one attached hydrogen (secondary N) is 1. The molecule has 0 saturated heterocycles. The Morgan fingerprint density at radius 2 is 1.97 bits per heavy atom. The second kappa shape index (κ2) is 8.53. The number of nitrogens with zero attached hydrogens (tertiary/aromatic N) is 2. The van der Waals surface area contributed by atoms with Crippen molar-refractivity contribution in [2.75, 3.05) is 5.32 Å². The maximum atomic E-state index is 12.0. The van der Waals surface area contributed by atoms with Gasteiger partial charge in [0.1, 0.15) is 0 Å². The summed E-state index contributed by atoms with van der Waals surface area (Å²) in [4.78, 5) is 32.4. The summed E-state index contributed by atoms with van der Waals surface area (Å²) in [5, 5.41) is 13.7. The van der Waals surface area contributed by atoms with Gasteiger partial charge in [-0.3, -0.25) is 4.79 Å². The summed E-state index contributed by atoms with van der Waals surface area (Å²) < 4.78 is 0. The van der Waals surface area contributed by atoms with Crippen molar-refractivity contribution < 1.29 is 14.7 Å². The molecule has 31 heavy (non-hydrogen) atoms. The van der Waals surface area contributed by atoms with Gasteiger partial charge in [0.25, 0.3) is 0 Å². The minimum absolute atomic E-state index is 0.0686. The van der Waals surface area contributed by atoms with Gasteiger partial charge in [-0.25, -0.2) is 14.8 Å². The maximum absolute atomic E-state index is 12.0. The van der Waals surface area contributed by atoms with E-state index in [1.54, 1.807) is 36.5 Å². The number of carboxylic acid groups (broad SMARTS) is 1. The molecule has 1 aliphatic carbocycles. The van der Waals surface area contributed by atoms with Gasteiger partial charge in [-0.1, -0.05) is 29.3 Å². The van der Waals surface area contributed by atoms with Gasteiger partial charge >= 0.3 is 5.97 Å². The van der Waals surface area contributed by atoms with Crippen LogP contribution in [0.3, 0.4) is 0 Å². The largest absolute Gasteiger partial charge is 0.478 e. The fourth-order valence-corrected chi connectivity index (χ4v) is 4.38. The third-order valence-corrected chi connectivity index (χ3v) is 5.84. The van der Waals surface area contributed by atoms with E-state index in [1.165, 1.54) is 6.07 Å². The molecule has 0 saturated carbocycles. The highest BCUT2D eigenvalue weighted by Crippen LogP contribution is 2.31. The summed E-state index contributed by atoms with van der Waals surface area (Å²) in [5.74, 6) is -1.51. The molecule has 0 fully saturated rings. The number of halogens is 2. The van der Waals surface area contributed by atoms with Crippen LogP contribution in [-0.4, -0.2) is 33.0 Å². The highest BCUT2D eigenvalue weighted by atomic mass is 35.5. The predicted molar refractivity (Wildman–Crippen MR) is 119 cm³/mol. The molecule has 2 aromatic carbocycles. The molecular weight excluding hydrogens is 439 g/mol. The van der Waals surface area contributed by atoms with Crippen molar-refractivity contribution in [3.8, 4) is 11.3 Å². The molecule has 0 spiro atoms. The van der Waals surface area contributed by atoms with Crippen molar-refractivity contribution in [1.82, 2.24) is 9.97 Å². The van der Waals surface area contributed by atoms with Crippen LogP contribution < -0.4 is 11.1 Å². The van der Waals surface area contributed by atoms with E-state index in [4.69, 9.17) is 28.9 Å². The Kier molecular flexibility index (Phi) is 5.80. The van der Waals surface area contributed by atoms with E-state index in [9.17, 15) is 14.7 Å². The third kappa shape index (κ3) is 4.33. The number of rotatable bonds is 5. The highest BCUT2D eigenvalue weighted by molar-refractivity contribution is 6.36. The van der Waals surface area contributed by atoms with Crippen LogP contribution in [0.15, 0.2) is 42.6 Å². The van der Waals surface area contributed by atoms with Gasteiger partial charge < -0.3 is 16.2 Å². The monoisotopic (exact) mass is 456 g/mol. The number of amides is 1. The summed E-state index contributed by atoms with van der Waals surface area (Å²) in [7, 11) is 0. The van der Waals surface area contributed by atoms with Crippen molar-refractivity contribution in [2.24, 2.45) is 5.73 Å². The van der Waals surface area contributed by atoms with E-state index in [-0.39, 0.29) is 17.2 Å². The normalized spacial score (nSPS) is 15.2. The van der Waals surface area contributed by atoms with E-state index in [2.05, 4.69) is 15.3 Å². The molecule has 1 heterocycles. The average molecular weight is 457 g/mol. The zero-order valence-corrected chi connectivity index (χ0v) is 17.7. The van der Waals surface area contributed by atoms with E-state index >= 15 is 0 Å². The number of primary amides is 1. The average Bonchev–Trinajstić information content (AvgIpc) is 2.72. The number of benzene rings is 2. The number of fused-ring (bicyclic) bond motifs is 1. The zero-order chi connectivity index (χ0) is 22.1. The van der Waals surface area contributed by atoms with Crippen LogP contribution in [0.2, 0.25) is 10.0 Å². The second-order valence-corrected chi connectivity index (χ2v) is 8.11. The Morgan fingerprint density at radius 3 is 2.68 bits per heavy atom. The molecule has 158 valence electrons. The topological polar surface area (TPSA) is 118 Å². The van der Waals surface area contributed by atoms with Crippen LogP contribution in [0.4, 0.5) is 5.95 Å². The number of aromatic carboxylic acids is 1. The molecular formula is C22H18Cl2N4O3. The lowest BCUT2D eigenvalue weighted by Gasteiger charge is -2.27. The van der Waals surface area contributed by atoms with Gasteiger partial charge in [0.2, 0.25) is 11.9 Å². The first-order valence-electron chi connectivity index (χ1n) is 9.56. The molecule has 0 aliphatic heterocycles. The van der Waals surface area contributed by atoms with Crippen LogP contribution in [0, 0.1) is 0 Å². The molecule has 0 radical (unpaired) electrons. The van der Waals surface area contributed by atoms with Gasteiger partial charge in [0.15, 0.2) is 0 Å². The second-order valence-electron chi connectivity index (χ2n) is 7.27. The van der Waals surface area contributed by atoms with Crippen molar-refractivity contribution in [3.63, 3.8) is 0 Å². The van der Waals surface area contributed by atoms with Gasteiger partial charge in [0, 0.05) is 22.8 Å². The fourth-order valence-electron chi connectivity index (χ4n) is 3.88. The summed E-state index contributed by atoms with van der Waals surface area (Å²) in [6.45, 7) is 0. The first kappa shape index (κ1) is 21.1. The quantitative estimate of drug-likeness (QED) is 0.528. The molecule has 1 unspecified atom stereocenters. The Bertz CT molecular complexity index is 1200. The van der Waals surface area contributed by atoms with Crippen molar-refractivity contribution in [2.45, 2.75) is 25.3 Å². The summed E-state index contributed by atoms with van der Waals surface area (Å²) in [6, 6.07) is 10.0. The number of aromatic nitrogens is 2. The Hall–Kier alpha value is -3.16. The number of hydrogen-bond acceptors (Lipinski definition) is 5. The Morgan fingerprint density at radius 1 is 1.16 bits per heavy atom. The number of carbonyl (C=O) groups excluding carboxylic acids is 1. The molecule has 9 heteroatoms. The van der Waals surface area contributed by atoms with E-state index in [1.807, 2.05) is 0 Å². The smallest absolute Gasteiger partial charge is 0.336 e. The molecule has 1 aliphatic rings. The molecule has 4 N–H and O–H groups in total. The number of carbonyl (C=O) groups is 2. The molecule has 1 atom stereocenters. The number of hydrogen-bond donors (Lipinski definition) is 3. The van der Waals surface area contributed by atoms with Gasteiger partial charge in [-0.15, -0.1) is 0 Å². The van der Waals surface area contributed by atoms with Gasteiger partial charge in [0.05, 0.1) is 21.8 Å². The van der Waals surface area contributed by atoms with Gasteiger partial charge in [-0.05, 0) is 60.7 Å². The van der Waals surface area contributed by atoms with Crippen LogP contribution in [0.5, 0.6) is 0 Å². The first-order valence-corrected chi connectivity index (χ1v) is 10.3. The molecule has 3 aromatic rings. The molecule has 1 aromatic heterocycles. The zero-order valence-electron chi connectivity index (χ0n) is 16.2. The van der Waals surface area contributed by atoms with Crippen LogP contribution >= 0.6 is 23.2 Å². The molecule has 7 nitrogen and oxygen atoms in total. The number of aryl methyl sites for hydroxylation is 1. The van der Waals surface area contributed by atoms with Crippen molar-refractivity contribution in [1.29, 1.82) is 0 Å². The number of nitrogens with two attached hydrogens (primary N) is 1. The Labute approximate surface area is 188 Å². The molecule has 4 rings (SSSR count). The minimum Gasteiger partial charge on any atom is -0.478 e. The van der Waals surface area contributed by atoms with Crippen molar-refractivity contribution in [3.05, 3.63) is 74.9 Å². The minimum atomic E-state index is -1.18. The number of carboxylic acids is 1. The van der Waals surface area contributed by atoms with E-state index in [0.29, 0.717) is 40.1 Å². The summed E-state index contributed by atoms with van der Waals surface area (Å²) in [6.07, 6.45) is 3.51. The Balaban J connectivity index is 1.61. The number of anilines is 1. The lowest BCUT2D eigenvalue weighted by molar-refractivity contribution is 0.0691. The molecule has 1 amide bonds. The van der Waals surface area contributed by atoms with Crippen molar-refractivity contribution >= 4 is 41.0 Å². The lowest BCUT2D eigenvalue weighted by Crippen LogP contribution is -2.31. The summed E-state index contributed by atoms with van der Waals surface area (Å²) in [5.41, 5.74) is 8.46. The third-order valence-electron chi connectivity index (χ3n) is 5.30. The maximum Gasteiger partial charge on any atom is 0.336 e. The lowest BCUT2D eigenvalue weighted by atomic mass is 9.83. The van der Waals surface area contributed by atoms with E-state index in [0.717, 1.165) is 17.5 Å². The van der Waals surface area contributed by atoms with Crippen LogP contribution in [0.25, 0.3) is 11.3 Å². The van der Waals surface area contributed by atoms with Crippen LogP contribution in [-0.2, 0) is 12.8 Å². The molecule has 0 bridgehead atoms. The standard InChI is InChI=1S/C22H18Cl2N4O3/c23-12-3-6-14(17(24)9-12)18-7-8-26-22(28-18)27-13-4-1-11-2-5-15(21(30)31)19(20(25)29)16(11)10-13/h2-3,5-9,13H,1,4,10H2,(H2,25,29)(H,30,31)(H,26,27,28). The predicted octanol–water partition coefficient (Wildman–Crippen LogP) is 4.22. The van der Waals surface area contributed by atoms with E-state index < -0.39 is 11.9 Å². The fraction of sp³-hybridized carbons (Fsp3) is 0.182. The summed E-state index contributed by atoms with van der Waals surface area (Å²) >= 11 is 12.3. The SMILES string of the molecule is NC(=O)c1c(C(=O)O)ccc2c1CC(Nc1nccc(-c3ccc(Cl)cc3Cl)n1)CC2. The van der Waals surface area contributed by atoms with Crippen LogP contribution in [0.1, 0.15) is 38.3 Å². The first-order chi connectivity index (χ1) is 14.8.